The van der Waals surface area contributed by atoms with Crippen LogP contribution in [-0.2, 0) is 0 Å². The van der Waals surface area contributed by atoms with Gasteiger partial charge in [-0.2, -0.15) is 0 Å². The quantitative estimate of drug-likeness (QED) is 0.281. The van der Waals surface area contributed by atoms with Gasteiger partial charge in [0.15, 0.2) is 0 Å². The average molecular weight is 118 g/mol. The van der Waals surface area contributed by atoms with Crippen LogP contribution in [0.25, 0.3) is 0 Å². The van der Waals surface area contributed by atoms with Gasteiger partial charge in [0.25, 0.3) is 0 Å². The van der Waals surface area contributed by atoms with Gasteiger partial charge < -0.3 is 0 Å². The van der Waals surface area contributed by atoms with E-state index in [0.29, 0.717) is 0 Å². The van der Waals surface area contributed by atoms with Crippen LogP contribution in [0.1, 0.15) is 13.8 Å². The van der Waals surface area contributed by atoms with E-state index in [1.807, 2.05) is 26.0 Å². The second kappa shape index (κ2) is 4.97. The Bertz CT molecular complexity index is 193. The van der Waals surface area contributed by atoms with Crippen molar-refractivity contribution in [3.63, 3.8) is 0 Å². The molecule has 0 nitrogen and oxygen atoms in total. The molecule has 0 aliphatic carbocycles. The van der Waals surface area contributed by atoms with E-state index in [1.165, 1.54) is 0 Å². The molecule has 0 radical (unpaired) electrons. The van der Waals surface area contributed by atoms with Crippen molar-refractivity contribution in [1.82, 2.24) is 0 Å². The van der Waals surface area contributed by atoms with Crippen molar-refractivity contribution in [2.45, 2.75) is 13.8 Å². The first-order chi connectivity index (χ1) is 4.31. The molecule has 0 rings (SSSR count). The first-order valence-electron chi connectivity index (χ1n) is 2.81. The van der Waals surface area contributed by atoms with Crippen LogP contribution < -0.4 is 0 Å². The molecule has 0 heteroatoms. The van der Waals surface area contributed by atoms with Crippen molar-refractivity contribution in [3.8, 4) is 12.3 Å². The summed E-state index contributed by atoms with van der Waals surface area (Å²) in [7, 11) is 0. The third-order valence-electron chi connectivity index (χ3n) is 0.789. The Morgan fingerprint density at radius 2 is 2.22 bits per heavy atom. The molecule has 0 aromatic heterocycles. The monoisotopic (exact) mass is 118 g/mol. The van der Waals surface area contributed by atoms with Gasteiger partial charge in [-0.05, 0) is 37.6 Å². The van der Waals surface area contributed by atoms with Crippen LogP contribution in [0, 0.1) is 12.3 Å². The second-order valence-electron chi connectivity index (χ2n) is 1.65. The molecule has 0 aliphatic rings. The molecule has 0 saturated carbocycles. The van der Waals surface area contributed by atoms with E-state index < -0.39 is 0 Å². The van der Waals surface area contributed by atoms with E-state index >= 15 is 0 Å². The summed E-state index contributed by atoms with van der Waals surface area (Å²) in [5.74, 6) is 2.43. The van der Waals surface area contributed by atoms with E-state index in [-0.39, 0.29) is 0 Å². The normalized spacial score (nSPS) is 9.22. The van der Waals surface area contributed by atoms with E-state index in [0.717, 1.165) is 5.57 Å². The lowest BCUT2D eigenvalue weighted by Gasteiger charge is -1.79. The predicted octanol–water partition coefficient (Wildman–Crippen LogP) is 2.30. The van der Waals surface area contributed by atoms with Gasteiger partial charge in [0.2, 0.25) is 0 Å². The molecule has 0 heterocycles. The number of allylic oxidation sites excluding steroid dienone is 3. The molecule has 0 aromatic carbocycles. The van der Waals surface area contributed by atoms with Gasteiger partial charge >= 0.3 is 0 Å². The van der Waals surface area contributed by atoms with Crippen molar-refractivity contribution < 1.29 is 0 Å². The zero-order chi connectivity index (χ0) is 7.11. The second-order valence-corrected chi connectivity index (χ2v) is 1.65. The van der Waals surface area contributed by atoms with Crippen LogP contribution >= 0.6 is 0 Å². The average Bonchev–Trinajstić information content (AvgIpc) is 1.85. The summed E-state index contributed by atoms with van der Waals surface area (Å²) in [6.07, 6.45) is 10.4. The van der Waals surface area contributed by atoms with Crippen LogP contribution in [-0.4, -0.2) is 0 Å². The highest BCUT2D eigenvalue weighted by Crippen LogP contribution is 1.90. The number of hydrogen-bond donors (Lipinski definition) is 0. The molecule has 0 fully saturated rings. The summed E-state index contributed by atoms with van der Waals surface area (Å²) in [4.78, 5) is 0. The zero-order valence-corrected chi connectivity index (χ0v) is 5.81. The van der Waals surface area contributed by atoms with E-state index in [9.17, 15) is 0 Å². The SMILES string of the molecule is C#C/C=C(/C)C=C=CC. The van der Waals surface area contributed by atoms with Gasteiger partial charge in [-0.1, -0.05) is 5.92 Å². The van der Waals surface area contributed by atoms with Crippen molar-refractivity contribution >= 4 is 0 Å². The minimum atomic E-state index is 1.05. The largest absolute Gasteiger partial charge is 0.125 e. The molecule has 0 atom stereocenters. The molecule has 9 heavy (non-hydrogen) atoms. The molecule has 0 unspecified atom stereocenters. The Morgan fingerprint density at radius 1 is 1.56 bits per heavy atom. The highest BCUT2D eigenvalue weighted by molar-refractivity contribution is 5.24. The highest BCUT2D eigenvalue weighted by Gasteiger charge is 1.72. The first kappa shape index (κ1) is 7.82. The van der Waals surface area contributed by atoms with Gasteiger partial charge in [-0.25, -0.2) is 0 Å². The summed E-state index contributed by atoms with van der Waals surface area (Å²) in [5.41, 5.74) is 3.97. The Balaban J connectivity index is 4.11. The van der Waals surface area contributed by atoms with Gasteiger partial charge in [0, 0.05) is 0 Å². The van der Waals surface area contributed by atoms with Crippen LogP contribution in [0.15, 0.2) is 29.5 Å². The maximum absolute atomic E-state index is 5.02. The molecule has 0 spiro atoms. The first-order valence-corrected chi connectivity index (χ1v) is 2.81. The standard InChI is InChI=1S/C9H10/c1-4-6-8-9(3)7-5-2/h2,4,7-8H,1,3H3/b9-7-. The molecule has 0 N–H and O–H groups in total. The van der Waals surface area contributed by atoms with Crippen LogP contribution in [0.4, 0.5) is 0 Å². The van der Waals surface area contributed by atoms with E-state index in [2.05, 4.69) is 11.7 Å². The molecular formula is C9H10. The highest BCUT2D eigenvalue weighted by atomic mass is 13.8. The van der Waals surface area contributed by atoms with Crippen molar-refractivity contribution in [2.24, 2.45) is 0 Å². The number of rotatable bonds is 1. The predicted molar refractivity (Wildman–Crippen MR) is 40.9 cm³/mol. The Labute approximate surface area is 56.6 Å². The minimum Gasteiger partial charge on any atom is -0.125 e. The molecule has 46 valence electrons. The summed E-state index contributed by atoms with van der Waals surface area (Å²) in [6, 6.07) is 0. The minimum absolute atomic E-state index is 1.05. The van der Waals surface area contributed by atoms with Crippen molar-refractivity contribution in [3.05, 3.63) is 29.5 Å². The fraction of sp³-hybridized carbons (Fsp3) is 0.222. The molecule has 0 amide bonds. The zero-order valence-electron chi connectivity index (χ0n) is 5.81. The topological polar surface area (TPSA) is 0 Å². The van der Waals surface area contributed by atoms with Gasteiger partial charge in [0.05, 0.1) is 0 Å². The van der Waals surface area contributed by atoms with E-state index in [4.69, 9.17) is 6.42 Å². The molecule has 0 saturated heterocycles. The summed E-state index contributed by atoms with van der Waals surface area (Å²) < 4.78 is 0. The Morgan fingerprint density at radius 3 is 2.67 bits per heavy atom. The van der Waals surface area contributed by atoms with Crippen molar-refractivity contribution in [2.75, 3.05) is 0 Å². The fourth-order valence-corrected chi connectivity index (χ4v) is 0.388. The van der Waals surface area contributed by atoms with Crippen LogP contribution in [0.5, 0.6) is 0 Å². The van der Waals surface area contributed by atoms with Crippen LogP contribution in [0.2, 0.25) is 0 Å². The molecule has 0 aromatic rings. The Hall–Kier alpha value is -1.18. The van der Waals surface area contributed by atoms with E-state index in [1.54, 1.807) is 6.08 Å². The third-order valence-corrected chi connectivity index (χ3v) is 0.789. The van der Waals surface area contributed by atoms with Crippen LogP contribution in [0.3, 0.4) is 0 Å². The fourth-order valence-electron chi connectivity index (χ4n) is 0.388. The molecular weight excluding hydrogens is 108 g/mol. The lowest BCUT2D eigenvalue weighted by Crippen LogP contribution is -1.61. The number of hydrogen-bond acceptors (Lipinski definition) is 0. The Kier molecular flexibility index (Phi) is 4.32. The maximum Gasteiger partial charge on any atom is -0.00861 e. The number of terminal acetylenes is 1. The summed E-state index contributed by atoms with van der Waals surface area (Å²) in [5, 5.41) is 0. The lowest BCUT2D eigenvalue weighted by molar-refractivity contribution is 1.54. The summed E-state index contributed by atoms with van der Waals surface area (Å²) in [6.45, 7) is 3.86. The van der Waals surface area contributed by atoms with Gasteiger partial charge in [-0.3, -0.25) is 0 Å². The molecule has 0 bridgehead atoms. The lowest BCUT2D eigenvalue weighted by atomic mass is 10.3. The van der Waals surface area contributed by atoms with Gasteiger partial charge in [-0.15, -0.1) is 12.2 Å². The molecule has 0 aliphatic heterocycles. The summed E-state index contributed by atoms with van der Waals surface area (Å²) >= 11 is 0. The van der Waals surface area contributed by atoms with Crippen molar-refractivity contribution in [1.29, 1.82) is 0 Å². The smallest absolute Gasteiger partial charge is 0.00861 e. The maximum atomic E-state index is 5.02. The third kappa shape index (κ3) is 4.68. The van der Waals surface area contributed by atoms with Gasteiger partial charge in [0.1, 0.15) is 0 Å².